The number of aliphatic hydroxyl groups excluding tert-OH is 1. The molecule has 1 fully saturated rings. The average molecular weight is 462 g/mol. The van der Waals surface area contributed by atoms with Gasteiger partial charge in [-0.1, -0.05) is 12.2 Å². The highest BCUT2D eigenvalue weighted by Gasteiger charge is 2.45. The highest BCUT2D eigenvalue weighted by atomic mass is 16.6. The van der Waals surface area contributed by atoms with Crippen molar-refractivity contribution in [2.24, 2.45) is 5.92 Å². The first kappa shape index (κ1) is 26.1. The molecule has 1 N–H and O–H groups in total. The highest BCUT2D eigenvalue weighted by Crippen LogP contribution is 2.37. The molecule has 180 valence electrons. The van der Waals surface area contributed by atoms with Gasteiger partial charge in [0.15, 0.2) is 12.2 Å². The van der Waals surface area contributed by atoms with Gasteiger partial charge in [-0.2, -0.15) is 0 Å². The molecule has 9 nitrogen and oxygen atoms in total. The second-order valence-corrected chi connectivity index (χ2v) is 8.17. The van der Waals surface area contributed by atoms with E-state index in [2.05, 4.69) is 6.58 Å². The summed E-state index contributed by atoms with van der Waals surface area (Å²) in [5.74, 6) is -3.11. The van der Waals surface area contributed by atoms with Crippen molar-refractivity contribution >= 4 is 23.9 Å². The number of fused-ring (bicyclic) bond motifs is 1. The Hall–Kier alpha value is -3.20. The molecular formula is C24H30O9. The van der Waals surface area contributed by atoms with Crippen LogP contribution in [-0.4, -0.2) is 60.0 Å². The molecule has 0 spiro atoms. The van der Waals surface area contributed by atoms with E-state index in [1.165, 1.54) is 26.8 Å². The van der Waals surface area contributed by atoms with Gasteiger partial charge >= 0.3 is 23.9 Å². The molecule has 0 aromatic rings. The molecule has 0 amide bonds. The van der Waals surface area contributed by atoms with Gasteiger partial charge in [-0.3, -0.25) is 9.59 Å². The van der Waals surface area contributed by atoms with E-state index in [1.807, 2.05) is 0 Å². The van der Waals surface area contributed by atoms with Gasteiger partial charge in [0.1, 0.15) is 12.2 Å². The first-order valence-electron chi connectivity index (χ1n) is 10.5. The summed E-state index contributed by atoms with van der Waals surface area (Å²) in [5.41, 5.74) is 1.52. The number of aliphatic hydroxyl groups is 1. The molecule has 33 heavy (non-hydrogen) atoms. The minimum absolute atomic E-state index is 0.152. The first-order valence-corrected chi connectivity index (χ1v) is 10.5. The molecule has 0 radical (unpaired) electrons. The summed E-state index contributed by atoms with van der Waals surface area (Å²) in [6.45, 7) is 10.9. The monoisotopic (exact) mass is 462 g/mol. The minimum Gasteiger partial charge on any atom is -0.458 e. The lowest BCUT2D eigenvalue weighted by Crippen LogP contribution is -2.38. The van der Waals surface area contributed by atoms with E-state index in [0.29, 0.717) is 11.1 Å². The fourth-order valence-electron chi connectivity index (χ4n) is 3.87. The molecule has 1 aliphatic carbocycles. The summed E-state index contributed by atoms with van der Waals surface area (Å²) in [4.78, 5) is 48.4. The van der Waals surface area contributed by atoms with Crippen molar-refractivity contribution in [2.75, 3.05) is 6.61 Å². The second-order valence-electron chi connectivity index (χ2n) is 8.17. The van der Waals surface area contributed by atoms with Crippen LogP contribution in [0.1, 0.15) is 41.0 Å². The van der Waals surface area contributed by atoms with Gasteiger partial charge in [0.05, 0.1) is 12.5 Å². The fourth-order valence-corrected chi connectivity index (χ4v) is 3.87. The van der Waals surface area contributed by atoms with Crippen LogP contribution < -0.4 is 0 Å². The number of rotatable bonds is 5. The Morgan fingerprint density at radius 3 is 2.33 bits per heavy atom. The minimum atomic E-state index is -0.941. The topological polar surface area (TPSA) is 125 Å². The maximum Gasteiger partial charge on any atom is 0.334 e. The van der Waals surface area contributed by atoms with Crippen LogP contribution in [0.25, 0.3) is 0 Å². The first-order chi connectivity index (χ1) is 15.4. The van der Waals surface area contributed by atoms with Crippen LogP contribution in [0.5, 0.6) is 0 Å². The predicted molar refractivity (Wildman–Crippen MR) is 116 cm³/mol. The molecular weight excluding hydrogens is 432 g/mol. The third-order valence-electron chi connectivity index (χ3n) is 5.38. The Morgan fingerprint density at radius 1 is 1.12 bits per heavy atom. The van der Waals surface area contributed by atoms with Crippen molar-refractivity contribution < 1.29 is 43.2 Å². The molecule has 9 heteroatoms. The van der Waals surface area contributed by atoms with Crippen LogP contribution in [0.3, 0.4) is 0 Å². The average Bonchev–Trinajstić information content (AvgIpc) is 2.97. The molecule has 0 aromatic heterocycles. The highest BCUT2D eigenvalue weighted by molar-refractivity contribution is 5.92. The Morgan fingerprint density at radius 2 is 1.76 bits per heavy atom. The van der Waals surface area contributed by atoms with Gasteiger partial charge in [0, 0.05) is 31.4 Å². The zero-order valence-electron chi connectivity index (χ0n) is 19.5. The van der Waals surface area contributed by atoms with E-state index >= 15 is 0 Å². The Balaban J connectivity index is 2.57. The number of hydrogen-bond donors (Lipinski definition) is 1. The molecule has 0 saturated carbocycles. The third kappa shape index (κ3) is 6.64. The van der Waals surface area contributed by atoms with Crippen LogP contribution in [0.2, 0.25) is 0 Å². The van der Waals surface area contributed by atoms with E-state index in [4.69, 9.17) is 24.1 Å². The van der Waals surface area contributed by atoms with Crippen LogP contribution in [-0.2, 0) is 38.1 Å². The zero-order chi connectivity index (χ0) is 24.9. The maximum atomic E-state index is 12.6. The summed E-state index contributed by atoms with van der Waals surface area (Å²) in [6.07, 6.45) is 1.17. The summed E-state index contributed by atoms with van der Waals surface area (Å²) >= 11 is 0. The molecule has 0 bridgehead atoms. The maximum absolute atomic E-state index is 12.6. The SMILES string of the molecule is C=C1C(=O)O[C@@H]2/C=C(/C)[C@H](OC(C)=O)[C@H](OC(C)=O)/C=C(\C)C[C@@H](OC(=O)/C(C)=C/CO)[C@@H]12. The summed E-state index contributed by atoms with van der Waals surface area (Å²) in [6, 6.07) is 0. The molecule has 1 heterocycles. The van der Waals surface area contributed by atoms with Crippen LogP contribution in [0.15, 0.2) is 47.1 Å². The van der Waals surface area contributed by atoms with E-state index < -0.39 is 54.2 Å². The van der Waals surface area contributed by atoms with E-state index in [9.17, 15) is 19.2 Å². The van der Waals surface area contributed by atoms with Crippen LogP contribution in [0, 0.1) is 5.92 Å². The normalized spacial score (nSPS) is 31.2. The molecule has 1 aliphatic heterocycles. The van der Waals surface area contributed by atoms with Crippen LogP contribution in [0.4, 0.5) is 0 Å². The van der Waals surface area contributed by atoms with Crippen molar-refractivity contribution in [3.63, 3.8) is 0 Å². The standard InChI is InChI=1S/C24H30O9/c1-12-9-18(32-23(28)13(2)7-8-25)21-15(4)24(29)33-19(21)11-14(3)22(31-17(6)27)20(10-12)30-16(5)26/h7,10-11,18-22,25H,4,8-9H2,1-3,5-6H3/b12-10+,13-7+,14-11-/t18-,19-,20-,21-,22+/m1/s1. The van der Waals surface area contributed by atoms with E-state index in [1.54, 1.807) is 26.0 Å². The number of carbonyl (C=O) groups is 4. The Kier molecular flexibility index (Phi) is 8.76. The number of esters is 4. The summed E-state index contributed by atoms with van der Waals surface area (Å²) in [7, 11) is 0. The van der Waals surface area contributed by atoms with Gasteiger partial charge in [0.2, 0.25) is 0 Å². The van der Waals surface area contributed by atoms with Crippen molar-refractivity contribution in [1.29, 1.82) is 0 Å². The van der Waals surface area contributed by atoms with Crippen molar-refractivity contribution in [1.82, 2.24) is 0 Å². The molecule has 0 unspecified atom stereocenters. The summed E-state index contributed by atoms with van der Waals surface area (Å²) < 4.78 is 22.0. The van der Waals surface area contributed by atoms with Crippen molar-refractivity contribution in [3.05, 3.63) is 47.1 Å². The molecule has 2 aliphatic rings. The van der Waals surface area contributed by atoms with Gasteiger partial charge in [0.25, 0.3) is 0 Å². The second kappa shape index (κ2) is 11.1. The Bertz CT molecular complexity index is 924. The lowest BCUT2D eigenvalue weighted by atomic mass is 9.84. The van der Waals surface area contributed by atoms with Crippen LogP contribution >= 0.6 is 0 Å². The smallest absolute Gasteiger partial charge is 0.334 e. The lowest BCUT2D eigenvalue weighted by Gasteiger charge is -2.31. The quantitative estimate of drug-likeness (QED) is 0.283. The van der Waals surface area contributed by atoms with Gasteiger partial charge in [-0.05, 0) is 44.6 Å². The van der Waals surface area contributed by atoms with E-state index in [0.717, 1.165) is 0 Å². The fraction of sp³-hybridized carbons (Fsp3) is 0.500. The van der Waals surface area contributed by atoms with Gasteiger partial charge < -0.3 is 24.1 Å². The molecule has 5 atom stereocenters. The Labute approximate surface area is 192 Å². The number of hydrogen-bond acceptors (Lipinski definition) is 9. The lowest BCUT2D eigenvalue weighted by molar-refractivity contribution is -0.159. The van der Waals surface area contributed by atoms with E-state index in [-0.39, 0.29) is 24.2 Å². The number of ether oxygens (including phenoxy) is 4. The van der Waals surface area contributed by atoms with Gasteiger partial charge in [-0.15, -0.1) is 0 Å². The number of carbonyl (C=O) groups excluding carboxylic acids is 4. The molecule has 0 aromatic carbocycles. The van der Waals surface area contributed by atoms with Crippen molar-refractivity contribution in [2.45, 2.75) is 65.5 Å². The molecule has 1 saturated heterocycles. The predicted octanol–water partition coefficient (Wildman–Crippen LogP) is 2.09. The molecule has 2 rings (SSSR count). The largest absolute Gasteiger partial charge is 0.458 e. The summed E-state index contributed by atoms with van der Waals surface area (Å²) in [5, 5.41) is 9.07. The van der Waals surface area contributed by atoms with Gasteiger partial charge in [-0.25, -0.2) is 9.59 Å². The zero-order valence-corrected chi connectivity index (χ0v) is 19.5. The third-order valence-corrected chi connectivity index (χ3v) is 5.38. The van der Waals surface area contributed by atoms with Crippen molar-refractivity contribution in [3.8, 4) is 0 Å².